The van der Waals surface area contributed by atoms with Crippen LogP contribution in [0.15, 0.2) is 29.2 Å². The van der Waals surface area contributed by atoms with Crippen LogP contribution in [0, 0.1) is 6.92 Å². The Hall–Kier alpha value is -2.81. The maximum absolute atomic E-state index is 12.8. The SMILES string of the molecule is Cc1c(CN2CCOCC2)nnc2sc(C(=O)NCc3ccc(S(=O)(=O)C(F)(F)F)cc3)c(N)c12. The number of nitrogens with one attached hydrogen (secondary N) is 1. The first-order valence-corrected chi connectivity index (χ1v) is 12.8. The first-order valence-electron chi connectivity index (χ1n) is 10.5. The normalized spacial score (nSPS) is 15.4. The Morgan fingerprint density at radius 2 is 1.86 bits per heavy atom. The van der Waals surface area contributed by atoms with Crippen molar-refractivity contribution in [2.24, 2.45) is 0 Å². The fraction of sp³-hybridized carbons (Fsp3) is 0.381. The van der Waals surface area contributed by atoms with Gasteiger partial charge in [-0.05, 0) is 30.2 Å². The molecule has 9 nitrogen and oxygen atoms in total. The summed E-state index contributed by atoms with van der Waals surface area (Å²) in [6.07, 6.45) is 0. The standard InChI is InChI=1S/C21H22F3N5O4S2/c1-12-15(11-29-6-8-33-9-7-29)27-28-20-16(12)17(25)18(34-20)19(30)26-10-13-2-4-14(5-3-13)35(31,32)21(22,23)24/h2-5H,6-11,25H2,1H3,(H,26,30). The first kappa shape index (κ1) is 25.3. The second kappa shape index (κ2) is 9.68. The number of alkyl halides is 3. The van der Waals surface area contributed by atoms with Crippen LogP contribution < -0.4 is 11.1 Å². The highest BCUT2D eigenvalue weighted by Gasteiger charge is 2.46. The zero-order chi connectivity index (χ0) is 25.4. The number of morpholine rings is 1. The molecule has 1 amide bonds. The summed E-state index contributed by atoms with van der Waals surface area (Å²) in [5, 5.41) is 11.9. The molecule has 0 saturated carbocycles. The molecule has 1 fully saturated rings. The van der Waals surface area contributed by atoms with E-state index in [4.69, 9.17) is 10.5 Å². The van der Waals surface area contributed by atoms with Gasteiger partial charge in [-0.3, -0.25) is 9.69 Å². The molecule has 1 aliphatic heterocycles. The lowest BCUT2D eigenvalue weighted by atomic mass is 10.1. The van der Waals surface area contributed by atoms with Crippen molar-refractivity contribution < 1.29 is 31.1 Å². The van der Waals surface area contributed by atoms with Crippen LogP contribution in [-0.2, 0) is 27.7 Å². The number of rotatable bonds is 6. The van der Waals surface area contributed by atoms with E-state index >= 15 is 0 Å². The molecule has 3 aromatic rings. The largest absolute Gasteiger partial charge is 0.501 e. The highest BCUT2D eigenvalue weighted by molar-refractivity contribution is 7.92. The number of nitrogen functional groups attached to an aromatic ring is 1. The fourth-order valence-electron chi connectivity index (χ4n) is 3.66. The van der Waals surface area contributed by atoms with Crippen LogP contribution in [0.3, 0.4) is 0 Å². The summed E-state index contributed by atoms with van der Waals surface area (Å²) in [5.41, 5.74) is 3.22. The van der Waals surface area contributed by atoms with Gasteiger partial charge in [0, 0.05) is 31.6 Å². The third-order valence-corrected chi connectivity index (χ3v) is 8.26. The Morgan fingerprint density at radius 3 is 2.49 bits per heavy atom. The summed E-state index contributed by atoms with van der Waals surface area (Å²) in [4.78, 5) is 14.9. The number of hydrogen-bond donors (Lipinski definition) is 2. The van der Waals surface area contributed by atoms with Crippen LogP contribution in [0.1, 0.15) is 26.5 Å². The monoisotopic (exact) mass is 529 g/mol. The van der Waals surface area contributed by atoms with Gasteiger partial charge < -0.3 is 15.8 Å². The molecule has 14 heteroatoms. The highest BCUT2D eigenvalue weighted by Crippen LogP contribution is 2.35. The van der Waals surface area contributed by atoms with Gasteiger partial charge in [-0.2, -0.15) is 18.3 Å². The van der Waals surface area contributed by atoms with Gasteiger partial charge in [-0.1, -0.05) is 12.1 Å². The number of carbonyl (C=O) groups excluding carboxylic acids is 1. The number of aryl methyl sites for hydroxylation is 1. The van der Waals surface area contributed by atoms with E-state index in [2.05, 4.69) is 20.4 Å². The molecule has 0 aliphatic carbocycles. The molecule has 1 saturated heterocycles. The third-order valence-electron chi connectivity index (χ3n) is 5.67. The smallest absolute Gasteiger partial charge is 0.397 e. The average molecular weight is 530 g/mol. The van der Waals surface area contributed by atoms with E-state index in [9.17, 15) is 26.4 Å². The molecule has 1 aromatic carbocycles. The van der Waals surface area contributed by atoms with E-state index in [0.29, 0.717) is 35.5 Å². The second-order valence-electron chi connectivity index (χ2n) is 7.96. The van der Waals surface area contributed by atoms with Gasteiger partial charge in [0.2, 0.25) is 0 Å². The van der Waals surface area contributed by atoms with E-state index in [-0.39, 0.29) is 17.1 Å². The molecule has 1 aliphatic rings. The number of aromatic nitrogens is 2. The summed E-state index contributed by atoms with van der Waals surface area (Å²) in [6.45, 7) is 5.32. The summed E-state index contributed by atoms with van der Waals surface area (Å²) < 4.78 is 66.4. The zero-order valence-electron chi connectivity index (χ0n) is 18.6. The number of hydrogen-bond acceptors (Lipinski definition) is 9. The number of nitrogens with two attached hydrogens (primary N) is 1. The molecule has 0 bridgehead atoms. The maximum Gasteiger partial charge on any atom is 0.501 e. The molecular formula is C21H22F3N5O4S2. The van der Waals surface area contributed by atoms with Crippen LogP contribution in [-0.4, -0.2) is 61.2 Å². The summed E-state index contributed by atoms with van der Waals surface area (Å²) in [5.74, 6) is -0.480. The number of ether oxygens (including phenoxy) is 1. The number of carbonyl (C=O) groups is 1. The predicted octanol–water partition coefficient (Wildman–Crippen LogP) is 2.64. The van der Waals surface area contributed by atoms with Crippen molar-refractivity contribution in [1.29, 1.82) is 0 Å². The molecular weight excluding hydrogens is 507 g/mol. The van der Waals surface area contributed by atoms with Crippen molar-refractivity contribution in [2.45, 2.75) is 30.4 Å². The number of anilines is 1. The minimum atomic E-state index is -5.43. The Bertz CT molecular complexity index is 1350. The van der Waals surface area contributed by atoms with Crippen molar-refractivity contribution in [3.8, 4) is 0 Å². The van der Waals surface area contributed by atoms with E-state index in [0.717, 1.165) is 47.8 Å². The molecule has 35 heavy (non-hydrogen) atoms. The summed E-state index contributed by atoms with van der Waals surface area (Å²) >= 11 is 1.10. The maximum atomic E-state index is 12.8. The number of benzene rings is 1. The van der Waals surface area contributed by atoms with E-state index in [1.807, 2.05) is 6.92 Å². The third kappa shape index (κ3) is 5.10. The lowest BCUT2D eigenvalue weighted by Crippen LogP contribution is -2.36. The van der Waals surface area contributed by atoms with Crippen molar-refractivity contribution in [1.82, 2.24) is 20.4 Å². The number of nitrogens with zero attached hydrogens (tertiary/aromatic N) is 3. The Morgan fingerprint density at radius 1 is 1.20 bits per heavy atom. The minimum Gasteiger partial charge on any atom is -0.397 e. The lowest BCUT2D eigenvalue weighted by molar-refractivity contribution is -0.0436. The predicted molar refractivity (Wildman–Crippen MR) is 124 cm³/mol. The van der Waals surface area contributed by atoms with Crippen LogP contribution in [0.2, 0.25) is 0 Å². The second-order valence-corrected chi connectivity index (χ2v) is 10.9. The minimum absolute atomic E-state index is 0.0359. The topological polar surface area (TPSA) is 128 Å². The summed E-state index contributed by atoms with van der Waals surface area (Å²) in [6, 6.07) is 4.13. The fourth-order valence-corrected chi connectivity index (χ4v) is 5.44. The Balaban J connectivity index is 1.48. The molecule has 2 aromatic heterocycles. The molecule has 188 valence electrons. The highest BCUT2D eigenvalue weighted by atomic mass is 32.2. The van der Waals surface area contributed by atoms with E-state index in [1.165, 1.54) is 12.1 Å². The summed E-state index contributed by atoms with van der Waals surface area (Å²) in [7, 11) is -5.43. The number of halogens is 3. The van der Waals surface area contributed by atoms with E-state index < -0.39 is 26.1 Å². The zero-order valence-corrected chi connectivity index (χ0v) is 20.2. The van der Waals surface area contributed by atoms with Gasteiger partial charge in [0.05, 0.1) is 29.5 Å². The van der Waals surface area contributed by atoms with Crippen LogP contribution in [0.25, 0.3) is 10.2 Å². The molecule has 3 N–H and O–H groups in total. The van der Waals surface area contributed by atoms with Gasteiger partial charge in [0.25, 0.3) is 15.7 Å². The number of sulfone groups is 1. The molecule has 0 spiro atoms. The van der Waals surface area contributed by atoms with Crippen molar-refractivity contribution >= 4 is 43.0 Å². The van der Waals surface area contributed by atoms with Gasteiger partial charge >= 0.3 is 5.51 Å². The number of thiophene rings is 1. The van der Waals surface area contributed by atoms with Crippen molar-refractivity contribution in [3.63, 3.8) is 0 Å². The Kier molecular flexibility index (Phi) is 6.99. The number of fused-ring (bicyclic) bond motifs is 1. The Labute approximate surface area is 203 Å². The number of amides is 1. The van der Waals surface area contributed by atoms with E-state index in [1.54, 1.807) is 0 Å². The lowest BCUT2D eigenvalue weighted by Gasteiger charge is -2.26. The average Bonchev–Trinajstić information content (AvgIpc) is 3.16. The van der Waals surface area contributed by atoms with Crippen LogP contribution in [0.4, 0.5) is 18.9 Å². The first-order chi connectivity index (χ1) is 16.5. The van der Waals surface area contributed by atoms with Crippen LogP contribution >= 0.6 is 11.3 Å². The molecule has 0 radical (unpaired) electrons. The van der Waals surface area contributed by atoms with Crippen molar-refractivity contribution in [3.05, 3.63) is 46.0 Å². The van der Waals surface area contributed by atoms with Gasteiger partial charge in [0.1, 0.15) is 9.71 Å². The van der Waals surface area contributed by atoms with Gasteiger partial charge in [-0.25, -0.2) is 8.42 Å². The molecule has 4 rings (SSSR count). The quantitative estimate of drug-likeness (QED) is 0.499. The van der Waals surface area contributed by atoms with Crippen LogP contribution in [0.5, 0.6) is 0 Å². The van der Waals surface area contributed by atoms with Gasteiger partial charge in [-0.15, -0.1) is 16.4 Å². The molecule has 3 heterocycles. The van der Waals surface area contributed by atoms with Gasteiger partial charge in [0.15, 0.2) is 0 Å². The van der Waals surface area contributed by atoms with Crippen molar-refractivity contribution in [2.75, 3.05) is 32.0 Å². The molecule has 0 atom stereocenters. The molecule has 0 unspecified atom stereocenters.